The number of thiophene rings is 1. The van der Waals surface area contributed by atoms with Gasteiger partial charge in [0.15, 0.2) is 0 Å². The van der Waals surface area contributed by atoms with Crippen LogP contribution in [0.3, 0.4) is 0 Å². The van der Waals surface area contributed by atoms with Crippen LogP contribution < -0.4 is 10.3 Å². The molecule has 7 heteroatoms. The van der Waals surface area contributed by atoms with Crippen LogP contribution in [0.5, 0.6) is 0 Å². The summed E-state index contributed by atoms with van der Waals surface area (Å²) in [5.41, 5.74) is 3.73. The summed E-state index contributed by atoms with van der Waals surface area (Å²) in [4.78, 5) is 14.3. The van der Waals surface area contributed by atoms with Crippen molar-refractivity contribution in [3.63, 3.8) is 0 Å². The van der Waals surface area contributed by atoms with Crippen molar-refractivity contribution in [2.45, 2.75) is 0 Å². The van der Waals surface area contributed by atoms with E-state index in [1.807, 2.05) is 6.07 Å². The minimum Gasteiger partial charge on any atom is -0.478 e. The lowest BCUT2D eigenvalue weighted by atomic mass is 10.2. The van der Waals surface area contributed by atoms with Gasteiger partial charge in [-0.3, -0.25) is 5.43 Å². The fourth-order valence-corrected chi connectivity index (χ4v) is 3.19. The first-order valence-corrected chi connectivity index (χ1v) is 8.09. The van der Waals surface area contributed by atoms with E-state index < -0.39 is 5.97 Å². The second-order valence-corrected chi connectivity index (χ2v) is 6.13. The van der Waals surface area contributed by atoms with E-state index in [1.54, 1.807) is 41.8 Å². The van der Waals surface area contributed by atoms with E-state index in [9.17, 15) is 4.79 Å². The highest BCUT2D eigenvalue weighted by Gasteiger charge is 2.12. The molecule has 0 aliphatic carbocycles. The third-order valence-electron chi connectivity index (χ3n) is 3.43. The van der Waals surface area contributed by atoms with Crippen LogP contribution in [-0.4, -0.2) is 43.6 Å². The van der Waals surface area contributed by atoms with Gasteiger partial charge in [-0.15, -0.1) is 11.3 Å². The molecule has 3 rings (SSSR count). The predicted molar refractivity (Wildman–Crippen MR) is 92.0 cm³/mol. The van der Waals surface area contributed by atoms with Gasteiger partial charge in [-0.25, -0.2) is 4.79 Å². The number of anilines is 2. The quantitative estimate of drug-likeness (QED) is 0.651. The molecule has 1 fully saturated rings. The van der Waals surface area contributed by atoms with Gasteiger partial charge in [-0.05, 0) is 30.3 Å². The Morgan fingerprint density at radius 1 is 1.30 bits per heavy atom. The molecule has 0 radical (unpaired) electrons. The van der Waals surface area contributed by atoms with Crippen molar-refractivity contribution < 1.29 is 14.6 Å². The van der Waals surface area contributed by atoms with Gasteiger partial charge in [-0.2, -0.15) is 5.10 Å². The topological polar surface area (TPSA) is 74.2 Å². The van der Waals surface area contributed by atoms with Crippen molar-refractivity contribution in [3.05, 3.63) is 46.8 Å². The molecule has 0 amide bonds. The summed E-state index contributed by atoms with van der Waals surface area (Å²) in [5.74, 6) is -0.953. The number of aromatic carboxylic acids is 1. The Hall–Kier alpha value is -2.38. The largest absolute Gasteiger partial charge is 0.478 e. The molecule has 120 valence electrons. The summed E-state index contributed by atoms with van der Waals surface area (Å²) >= 11 is 1.67. The number of hydrogen-bond donors (Lipinski definition) is 2. The number of hydrogen-bond acceptors (Lipinski definition) is 6. The Kier molecular flexibility index (Phi) is 4.89. The van der Waals surface area contributed by atoms with Crippen molar-refractivity contribution >= 4 is 34.2 Å². The molecule has 1 aromatic carbocycles. The maximum Gasteiger partial charge on any atom is 0.335 e. The molecule has 0 bridgehead atoms. The molecule has 23 heavy (non-hydrogen) atoms. The van der Waals surface area contributed by atoms with E-state index in [0.717, 1.165) is 31.2 Å². The number of benzene rings is 1. The highest BCUT2D eigenvalue weighted by molar-refractivity contribution is 7.17. The Morgan fingerprint density at radius 3 is 2.91 bits per heavy atom. The molecule has 6 nitrogen and oxygen atoms in total. The average molecular weight is 331 g/mol. The second-order valence-electron chi connectivity index (χ2n) is 5.03. The van der Waals surface area contributed by atoms with E-state index in [1.165, 1.54) is 5.00 Å². The number of rotatable bonds is 5. The van der Waals surface area contributed by atoms with E-state index in [4.69, 9.17) is 9.84 Å². The maximum absolute atomic E-state index is 10.9. The van der Waals surface area contributed by atoms with Gasteiger partial charge in [0.2, 0.25) is 0 Å². The average Bonchev–Trinajstić information content (AvgIpc) is 3.05. The molecule has 2 heterocycles. The SMILES string of the molecule is O=C(O)c1cccc(N/N=C\c2ccc(N3CCOCC3)s2)c1. The van der Waals surface area contributed by atoms with Crippen LogP contribution in [0.15, 0.2) is 41.5 Å². The summed E-state index contributed by atoms with van der Waals surface area (Å²) in [6, 6.07) is 10.7. The number of carbonyl (C=O) groups is 1. The standard InChI is InChI=1S/C16H17N3O3S/c20-16(21)12-2-1-3-13(10-12)18-17-11-14-4-5-15(23-14)19-6-8-22-9-7-19/h1-5,10-11,18H,6-9H2,(H,20,21)/b17-11-. The lowest BCUT2D eigenvalue weighted by molar-refractivity contribution is 0.0697. The van der Waals surface area contributed by atoms with Gasteiger partial charge in [0.1, 0.15) is 0 Å². The zero-order valence-corrected chi connectivity index (χ0v) is 13.3. The highest BCUT2D eigenvalue weighted by atomic mass is 32.1. The monoisotopic (exact) mass is 331 g/mol. The van der Waals surface area contributed by atoms with Crippen LogP contribution in [0, 0.1) is 0 Å². The molecule has 0 unspecified atom stereocenters. The molecule has 2 aromatic rings. The Bertz CT molecular complexity index is 708. The molecular formula is C16H17N3O3S. The van der Waals surface area contributed by atoms with E-state index in [2.05, 4.69) is 21.5 Å². The van der Waals surface area contributed by atoms with E-state index >= 15 is 0 Å². The highest BCUT2D eigenvalue weighted by Crippen LogP contribution is 2.25. The van der Waals surface area contributed by atoms with E-state index in [-0.39, 0.29) is 5.56 Å². The van der Waals surface area contributed by atoms with Crippen LogP contribution >= 0.6 is 11.3 Å². The van der Waals surface area contributed by atoms with Gasteiger partial charge in [0.25, 0.3) is 0 Å². The second kappa shape index (κ2) is 7.26. The Balaban J connectivity index is 1.61. The van der Waals surface area contributed by atoms with Crippen molar-refractivity contribution in [3.8, 4) is 0 Å². The number of ether oxygens (including phenoxy) is 1. The van der Waals surface area contributed by atoms with Crippen LogP contribution in [0.1, 0.15) is 15.2 Å². The molecule has 2 N–H and O–H groups in total. The molecular weight excluding hydrogens is 314 g/mol. The number of carboxylic acid groups (broad SMARTS) is 1. The molecule has 1 saturated heterocycles. The fraction of sp³-hybridized carbons (Fsp3) is 0.250. The van der Waals surface area contributed by atoms with Crippen molar-refractivity contribution in [1.82, 2.24) is 0 Å². The zero-order chi connectivity index (χ0) is 16.1. The van der Waals surface area contributed by atoms with Crippen molar-refractivity contribution in [1.29, 1.82) is 0 Å². The van der Waals surface area contributed by atoms with Gasteiger partial charge in [0, 0.05) is 18.0 Å². The predicted octanol–water partition coefficient (Wildman–Crippen LogP) is 2.73. The summed E-state index contributed by atoms with van der Waals surface area (Å²) in [5, 5.41) is 14.3. The lowest BCUT2D eigenvalue weighted by Crippen LogP contribution is -2.35. The maximum atomic E-state index is 10.9. The third-order valence-corrected chi connectivity index (χ3v) is 4.51. The minimum atomic E-state index is -0.953. The van der Waals surface area contributed by atoms with Crippen LogP contribution in [0.4, 0.5) is 10.7 Å². The number of morpholine rings is 1. The first kappa shape index (κ1) is 15.5. The number of nitrogens with zero attached hydrogens (tertiary/aromatic N) is 2. The number of carboxylic acids is 1. The first-order valence-electron chi connectivity index (χ1n) is 7.27. The lowest BCUT2D eigenvalue weighted by Gasteiger charge is -2.27. The van der Waals surface area contributed by atoms with Crippen molar-refractivity contribution in [2.24, 2.45) is 5.10 Å². The smallest absolute Gasteiger partial charge is 0.335 e. The molecule has 0 spiro atoms. The minimum absolute atomic E-state index is 0.232. The summed E-state index contributed by atoms with van der Waals surface area (Å²) in [7, 11) is 0. The normalized spacial score (nSPS) is 15.0. The summed E-state index contributed by atoms with van der Waals surface area (Å²) < 4.78 is 5.35. The van der Waals surface area contributed by atoms with Crippen molar-refractivity contribution in [2.75, 3.05) is 36.6 Å². The van der Waals surface area contributed by atoms with Gasteiger partial charge in [0.05, 0.1) is 35.7 Å². The first-order chi connectivity index (χ1) is 11.2. The van der Waals surface area contributed by atoms with Gasteiger partial charge >= 0.3 is 5.97 Å². The summed E-state index contributed by atoms with van der Waals surface area (Å²) in [6.45, 7) is 3.36. The Morgan fingerprint density at radius 2 is 2.13 bits per heavy atom. The fourth-order valence-electron chi connectivity index (χ4n) is 2.26. The Labute approximate surface area is 138 Å². The molecule has 1 aromatic heterocycles. The molecule has 0 saturated carbocycles. The van der Waals surface area contributed by atoms with Gasteiger partial charge < -0.3 is 14.7 Å². The van der Waals surface area contributed by atoms with E-state index in [0.29, 0.717) is 5.69 Å². The van der Waals surface area contributed by atoms with Crippen LogP contribution in [-0.2, 0) is 4.74 Å². The zero-order valence-electron chi connectivity index (χ0n) is 12.4. The van der Waals surface area contributed by atoms with Gasteiger partial charge in [-0.1, -0.05) is 6.07 Å². The number of nitrogens with one attached hydrogen (secondary N) is 1. The van der Waals surface area contributed by atoms with Crippen LogP contribution in [0.2, 0.25) is 0 Å². The molecule has 1 aliphatic rings. The number of hydrazone groups is 1. The van der Waals surface area contributed by atoms with Crippen LogP contribution in [0.25, 0.3) is 0 Å². The summed E-state index contributed by atoms with van der Waals surface area (Å²) in [6.07, 6.45) is 1.74. The third kappa shape index (κ3) is 4.08. The molecule has 0 atom stereocenters. The molecule has 1 aliphatic heterocycles.